The minimum atomic E-state index is 0.256. The number of nitrogens with zero attached hydrogens (tertiary/aromatic N) is 3. The monoisotopic (exact) mass is 511 g/mol. The first kappa shape index (κ1) is 24.4. The highest BCUT2D eigenvalue weighted by atomic mass is 127. The van der Waals surface area contributed by atoms with Crippen LogP contribution in [0.15, 0.2) is 30.5 Å². The Kier molecular flexibility index (Phi) is 11.2. The highest BCUT2D eigenvalue weighted by Gasteiger charge is 2.14. The van der Waals surface area contributed by atoms with E-state index in [-0.39, 0.29) is 6.10 Å². The molecule has 162 valence electrons. The second kappa shape index (κ2) is 13.4. The smallest absolute Gasteiger partial charge is 0.130 e. The Balaban J connectivity index is 2.05. The average Bonchev–Trinajstić information content (AvgIpc) is 2.74. The van der Waals surface area contributed by atoms with Gasteiger partial charge in [-0.3, -0.25) is 4.98 Å². The van der Waals surface area contributed by atoms with Crippen LogP contribution >= 0.6 is 22.6 Å². The van der Waals surface area contributed by atoms with E-state index in [1.807, 2.05) is 12.3 Å². The fourth-order valence-corrected chi connectivity index (χ4v) is 4.28. The molecule has 0 unspecified atom stereocenters. The topological polar surface area (TPSA) is 28.6 Å². The lowest BCUT2D eigenvalue weighted by atomic mass is 10.1. The van der Waals surface area contributed by atoms with Crippen molar-refractivity contribution in [2.45, 2.75) is 59.5 Å². The van der Waals surface area contributed by atoms with E-state index >= 15 is 0 Å². The summed E-state index contributed by atoms with van der Waals surface area (Å²) in [5.74, 6) is 0.974. The molecule has 0 N–H and O–H groups in total. The number of benzene rings is 1. The Hall–Kier alpha value is -0.920. The Morgan fingerprint density at radius 2 is 1.48 bits per heavy atom. The molecule has 0 atom stereocenters. The van der Waals surface area contributed by atoms with Crippen molar-refractivity contribution in [2.75, 3.05) is 39.3 Å². The number of rotatable bonds is 14. The summed E-state index contributed by atoms with van der Waals surface area (Å²) in [7, 11) is 0. The number of halogens is 1. The van der Waals surface area contributed by atoms with Gasteiger partial charge in [0.1, 0.15) is 5.75 Å². The van der Waals surface area contributed by atoms with Gasteiger partial charge in [-0.15, -0.1) is 0 Å². The van der Waals surface area contributed by atoms with Crippen molar-refractivity contribution in [3.8, 4) is 5.75 Å². The lowest BCUT2D eigenvalue weighted by Crippen LogP contribution is -2.27. The third-order valence-electron chi connectivity index (χ3n) is 5.75. The van der Waals surface area contributed by atoms with E-state index in [0.717, 1.165) is 68.8 Å². The predicted octanol–water partition coefficient (Wildman–Crippen LogP) is 5.83. The summed E-state index contributed by atoms with van der Waals surface area (Å²) in [5.41, 5.74) is 1.01. The standard InChI is InChI=1S/C24H38IN3O/c1-5-27(6-2)17-9-11-21(12-10-18-28(7-3)8-4)29-24-15-16-26-23-19-20(25)13-14-22(23)24/h13-16,19,21H,5-12,17-18H2,1-4H3. The van der Waals surface area contributed by atoms with Gasteiger partial charge in [-0.2, -0.15) is 0 Å². The molecule has 2 aromatic rings. The first-order valence-electron chi connectivity index (χ1n) is 11.3. The Morgan fingerprint density at radius 3 is 2.03 bits per heavy atom. The van der Waals surface area contributed by atoms with Gasteiger partial charge in [-0.1, -0.05) is 27.7 Å². The van der Waals surface area contributed by atoms with Crippen LogP contribution < -0.4 is 4.74 Å². The van der Waals surface area contributed by atoms with Crippen molar-refractivity contribution >= 4 is 33.5 Å². The van der Waals surface area contributed by atoms with Crippen LogP contribution in [-0.4, -0.2) is 60.2 Å². The van der Waals surface area contributed by atoms with Gasteiger partial charge >= 0.3 is 0 Å². The van der Waals surface area contributed by atoms with Crippen LogP contribution in [0.5, 0.6) is 5.75 Å². The van der Waals surface area contributed by atoms with Crippen molar-refractivity contribution in [3.05, 3.63) is 34.0 Å². The molecule has 0 spiro atoms. The maximum atomic E-state index is 6.59. The highest BCUT2D eigenvalue weighted by molar-refractivity contribution is 14.1. The minimum absolute atomic E-state index is 0.256. The summed E-state index contributed by atoms with van der Waals surface area (Å²) in [6.45, 7) is 15.8. The quantitative estimate of drug-likeness (QED) is 0.299. The third kappa shape index (κ3) is 8.02. The zero-order chi connectivity index (χ0) is 21.1. The molecule has 29 heavy (non-hydrogen) atoms. The van der Waals surface area contributed by atoms with Gasteiger partial charge < -0.3 is 14.5 Å². The Bertz CT molecular complexity index is 698. The molecule has 1 aromatic heterocycles. The number of hydrogen-bond donors (Lipinski definition) is 0. The molecule has 2 rings (SSSR count). The number of fused-ring (bicyclic) bond motifs is 1. The molecule has 0 amide bonds. The lowest BCUT2D eigenvalue weighted by molar-refractivity contribution is 0.161. The predicted molar refractivity (Wildman–Crippen MR) is 133 cm³/mol. The van der Waals surface area contributed by atoms with Crippen LogP contribution in [0.4, 0.5) is 0 Å². The second-order valence-electron chi connectivity index (χ2n) is 7.55. The van der Waals surface area contributed by atoms with Crippen LogP contribution in [-0.2, 0) is 0 Å². The SMILES string of the molecule is CCN(CC)CCCC(CCCN(CC)CC)Oc1ccnc2cc(I)ccc12. The van der Waals surface area contributed by atoms with E-state index in [1.54, 1.807) is 0 Å². The van der Waals surface area contributed by atoms with E-state index in [1.165, 1.54) is 16.4 Å². The fraction of sp³-hybridized carbons (Fsp3) is 0.625. The third-order valence-corrected chi connectivity index (χ3v) is 6.42. The molecule has 0 saturated heterocycles. The van der Waals surface area contributed by atoms with Crippen molar-refractivity contribution < 1.29 is 4.74 Å². The molecule has 0 aliphatic carbocycles. The largest absolute Gasteiger partial charge is 0.490 e. The van der Waals surface area contributed by atoms with Crippen molar-refractivity contribution in [1.29, 1.82) is 0 Å². The maximum absolute atomic E-state index is 6.59. The van der Waals surface area contributed by atoms with Gasteiger partial charge in [-0.05, 0) is 112 Å². The fourth-order valence-electron chi connectivity index (χ4n) is 3.80. The normalized spacial score (nSPS) is 11.9. The summed E-state index contributed by atoms with van der Waals surface area (Å²) < 4.78 is 7.79. The average molecular weight is 511 g/mol. The van der Waals surface area contributed by atoms with Gasteiger partial charge in [0.2, 0.25) is 0 Å². The zero-order valence-corrected chi connectivity index (χ0v) is 20.8. The zero-order valence-electron chi connectivity index (χ0n) is 18.7. The summed E-state index contributed by atoms with van der Waals surface area (Å²) in [5, 5.41) is 1.12. The molecule has 5 heteroatoms. The van der Waals surface area contributed by atoms with E-state index in [4.69, 9.17) is 4.74 Å². The first-order chi connectivity index (χ1) is 14.1. The summed E-state index contributed by atoms with van der Waals surface area (Å²) in [6, 6.07) is 8.42. The first-order valence-corrected chi connectivity index (χ1v) is 12.3. The number of hydrogen-bond acceptors (Lipinski definition) is 4. The Morgan fingerprint density at radius 1 is 0.897 bits per heavy atom. The molecule has 0 saturated carbocycles. The molecule has 0 radical (unpaired) electrons. The second-order valence-corrected chi connectivity index (χ2v) is 8.79. The molecule has 0 aliphatic rings. The molecule has 0 bridgehead atoms. The summed E-state index contributed by atoms with van der Waals surface area (Å²) >= 11 is 2.34. The van der Waals surface area contributed by atoms with Crippen molar-refractivity contribution in [2.24, 2.45) is 0 Å². The van der Waals surface area contributed by atoms with Crippen LogP contribution in [0.3, 0.4) is 0 Å². The van der Waals surface area contributed by atoms with Gasteiger partial charge in [0.25, 0.3) is 0 Å². The molecule has 0 aliphatic heterocycles. The number of pyridine rings is 1. The summed E-state index contributed by atoms with van der Waals surface area (Å²) in [6.07, 6.45) is 6.69. The van der Waals surface area contributed by atoms with Crippen LogP contribution in [0.1, 0.15) is 53.4 Å². The molecular weight excluding hydrogens is 473 g/mol. The van der Waals surface area contributed by atoms with Crippen LogP contribution in [0, 0.1) is 3.57 Å². The van der Waals surface area contributed by atoms with Gasteiger partial charge in [0.15, 0.2) is 0 Å². The van der Waals surface area contributed by atoms with Gasteiger partial charge in [-0.25, -0.2) is 0 Å². The van der Waals surface area contributed by atoms with E-state index in [2.05, 4.69) is 83.3 Å². The van der Waals surface area contributed by atoms with E-state index in [9.17, 15) is 0 Å². The molecule has 4 nitrogen and oxygen atoms in total. The van der Waals surface area contributed by atoms with Crippen LogP contribution in [0.25, 0.3) is 10.9 Å². The van der Waals surface area contributed by atoms with Crippen LogP contribution in [0.2, 0.25) is 0 Å². The summed E-state index contributed by atoms with van der Waals surface area (Å²) in [4.78, 5) is 9.52. The molecule has 0 fully saturated rings. The number of aromatic nitrogens is 1. The maximum Gasteiger partial charge on any atom is 0.130 e. The molecule has 1 aromatic carbocycles. The van der Waals surface area contributed by atoms with Crippen molar-refractivity contribution in [3.63, 3.8) is 0 Å². The Labute approximate surface area is 191 Å². The van der Waals surface area contributed by atoms with E-state index in [0.29, 0.717) is 0 Å². The van der Waals surface area contributed by atoms with E-state index < -0.39 is 0 Å². The highest BCUT2D eigenvalue weighted by Crippen LogP contribution is 2.27. The van der Waals surface area contributed by atoms with Crippen molar-refractivity contribution in [1.82, 2.24) is 14.8 Å². The van der Waals surface area contributed by atoms with Gasteiger partial charge in [0.05, 0.1) is 11.6 Å². The van der Waals surface area contributed by atoms with Gasteiger partial charge in [0, 0.05) is 15.2 Å². The molecular formula is C24H38IN3O. The molecule has 1 heterocycles. The lowest BCUT2D eigenvalue weighted by Gasteiger charge is -2.24. The number of ether oxygens (including phenoxy) is 1. The minimum Gasteiger partial charge on any atom is -0.490 e.